The maximum atomic E-state index is 12.9. The lowest BCUT2D eigenvalue weighted by atomic mass is 10.3. The van der Waals surface area contributed by atoms with Gasteiger partial charge in [-0.2, -0.15) is 5.10 Å². The number of nitrogens with zero attached hydrogens (tertiary/aromatic N) is 2. The second kappa shape index (κ2) is 5.42. The Labute approximate surface area is 115 Å². The molecule has 1 heterocycles. The summed E-state index contributed by atoms with van der Waals surface area (Å²) < 4.78 is 28.0. The van der Waals surface area contributed by atoms with Crippen LogP contribution in [0.3, 0.4) is 0 Å². The van der Waals surface area contributed by atoms with E-state index in [4.69, 9.17) is 0 Å². The van der Waals surface area contributed by atoms with Gasteiger partial charge in [0.25, 0.3) is 0 Å². The van der Waals surface area contributed by atoms with E-state index >= 15 is 0 Å². The summed E-state index contributed by atoms with van der Waals surface area (Å²) in [5, 5.41) is 6.40. The van der Waals surface area contributed by atoms with Crippen molar-refractivity contribution in [2.75, 3.05) is 5.32 Å². The Hall–Kier alpha value is -1.51. The molecule has 94 valence electrons. The molecule has 0 aliphatic heterocycles. The van der Waals surface area contributed by atoms with Crippen LogP contribution in [0.25, 0.3) is 0 Å². The summed E-state index contributed by atoms with van der Waals surface area (Å²) in [6.45, 7) is 0.0159. The average Bonchev–Trinajstić information content (AvgIpc) is 2.69. The minimum Gasteiger partial charge on any atom is -0.324 e. The molecule has 0 bridgehead atoms. The van der Waals surface area contributed by atoms with Gasteiger partial charge >= 0.3 is 0 Å². The van der Waals surface area contributed by atoms with Crippen molar-refractivity contribution in [3.63, 3.8) is 0 Å². The molecule has 7 heteroatoms. The molecular weight excluding hydrogens is 355 g/mol. The fourth-order valence-electron chi connectivity index (χ4n) is 1.35. The maximum Gasteiger partial charge on any atom is 0.246 e. The normalized spacial score (nSPS) is 10.4. The van der Waals surface area contributed by atoms with Crippen LogP contribution < -0.4 is 5.32 Å². The third-order valence-electron chi connectivity index (χ3n) is 2.11. The van der Waals surface area contributed by atoms with Crippen molar-refractivity contribution in [2.24, 2.45) is 0 Å². The number of anilines is 1. The van der Waals surface area contributed by atoms with Gasteiger partial charge < -0.3 is 5.32 Å². The molecule has 2 rings (SSSR count). The smallest absolute Gasteiger partial charge is 0.246 e. The molecule has 0 unspecified atom stereocenters. The molecule has 1 N–H and O–H groups in total. The van der Waals surface area contributed by atoms with Crippen molar-refractivity contribution in [2.45, 2.75) is 6.54 Å². The van der Waals surface area contributed by atoms with Crippen LogP contribution in [0, 0.1) is 15.2 Å². The van der Waals surface area contributed by atoms with Crippen molar-refractivity contribution in [3.05, 3.63) is 45.8 Å². The monoisotopic (exact) mass is 363 g/mol. The van der Waals surface area contributed by atoms with E-state index in [2.05, 4.69) is 33.0 Å². The number of amides is 1. The highest BCUT2D eigenvalue weighted by Crippen LogP contribution is 2.13. The Morgan fingerprint density at radius 3 is 2.78 bits per heavy atom. The first-order chi connectivity index (χ1) is 8.54. The molecule has 0 radical (unpaired) electrons. The van der Waals surface area contributed by atoms with Gasteiger partial charge in [0.1, 0.15) is 6.54 Å². The number of aromatic nitrogens is 2. The average molecular weight is 363 g/mol. The first kappa shape index (κ1) is 12.9. The van der Waals surface area contributed by atoms with Crippen LogP contribution in [-0.4, -0.2) is 15.7 Å². The highest BCUT2D eigenvalue weighted by atomic mass is 127. The van der Waals surface area contributed by atoms with E-state index in [1.165, 1.54) is 10.7 Å². The minimum atomic E-state index is -0.999. The molecule has 0 saturated carbocycles. The van der Waals surface area contributed by atoms with Gasteiger partial charge in [-0.1, -0.05) is 0 Å². The topological polar surface area (TPSA) is 46.9 Å². The third kappa shape index (κ3) is 3.25. The number of benzene rings is 1. The van der Waals surface area contributed by atoms with Crippen LogP contribution in [0.15, 0.2) is 30.6 Å². The van der Waals surface area contributed by atoms with E-state index in [0.717, 1.165) is 15.7 Å². The molecule has 4 nitrogen and oxygen atoms in total. The maximum absolute atomic E-state index is 12.9. The van der Waals surface area contributed by atoms with Gasteiger partial charge in [0.05, 0.1) is 9.77 Å². The highest BCUT2D eigenvalue weighted by molar-refractivity contribution is 14.1. The van der Waals surface area contributed by atoms with Gasteiger partial charge in [0, 0.05) is 18.0 Å². The van der Waals surface area contributed by atoms with E-state index in [-0.39, 0.29) is 18.1 Å². The number of carbonyl (C=O) groups excluding carboxylic acids is 1. The predicted molar refractivity (Wildman–Crippen MR) is 69.9 cm³/mol. The second-order valence-corrected chi connectivity index (χ2v) is 4.78. The van der Waals surface area contributed by atoms with Crippen LogP contribution in [0.2, 0.25) is 0 Å². The number of rotatable bonds is 3. The minimum absolute atomic E-state index is 0.0159. The molecule has 0 aliphatic carbocycles. The SMILES string of the molecule is O=C(Cn1cc(I)cn1)Nc1ccc(F)c(F)c1. The Kier molecular flexibility index (Phi) is 3.90. The van der Waals surface area contributed by atoms with Crippen molar-refractivity contribution in [1.82, 2.24) is 9.78 Å². The number of nitrogens with one attached hydrogen (secondary N) is 1. The van der Waals surface area contributed by atoms with Gasteiger partial charge in [-0.3, -0.25) is 9.48 Å². The summed E-state index contributed by atoms with van der Waals surface area (Å²) in [6, 6.07) is 3.19. The number of hydrogen-bond acceptors (Lipinski definition) is 2. The lowest BCUT2D eigenvalue weighted by Gasteiger charge is -2.05. The zero-order chi connectivity index (χ0) is 13.1. The summed E-state index contributed by atoms with van der Waals surface area (Å²) in [6.07, 6.45) is 3.32. The molecule has 0 spiro atoms. The third-order valence-corrected chi connectivity index (χ3v) is 2.67. The van der Waals surface area contributed by atoms with Gasteiger partial charge in [-0.25, -0.2) is 8.78 Å². The first-order valence-electron chi connectivity index (χ1n) is 4.97. The number of hydrogen-bond donors (Lipinski definition) is 1. The molecule has 0 atom stereocenters. The van der Waals surface area contributed by atoms with Gasteiger partial charge in [-0.05, 0) is 34.7 Å². The van der Waals surface area contributed by atoms with Crippen molar-refractivity contribution >= 4 is 34.2 Å². The quantitative estimate of drug-likeness (QED) is 0.852. The summed E-state index contributed by atoms with van der Waals surface area (Å²) in [7, 11) is 0. The molecule has 0 saturated heterocycles. The van der Waals surface area contributed by atoms with Crippen molar-refractivity contribution in [1.29, 1.82) is 0 Å². The van der Waals surface area contributed by atoms with Crippen molar-refractivity contribution < 1.29 is 13.6 Å². The molecule has 0 fully saturated rings. The lowest BCUT2D eigenvalue weighted by Crippen LogP contribution is -2.19. The second-order valence-electron chi connectivity index (χ2n) is 3.53. The predicted octanol–water partition coefficient (Wildman–Crippen LogP) is 2.40. The molecule has 1 aromatic heterocycles. The molecule has 0 aliphatic rings. The Balaban J connectivity index is 2.00. The highest BCUT2D eigenvalue weighted by Gasteiger charge is 2.07. The molecule has 2 aromatic rings. The van der Waals surface area contributed by atoms with E-state index in [1.807, 2.05) is 0 Å². The van der Waals surface area contributed by atoms with Crippen LogP contribution in [0.5, 0.6) is 0 Å². The zero-order valence-corrected chi connectivity index (χ0v) is 11.2. The Morgan fingerprint density at radius 1 is 1.39 bits per heavy atom. The zero-order valence-electron chi connectivity index (χ0n) is 9.03. The number of halogens is 3. The van der Waals surface area contributed by atoms with E-state index in [1.54, 1.807) is 12.4 Å². The first-order valence-corrected chi connectivity index (χ1v) is 6.05. The summed E-state index contributed by atoms with van der Waals surface area (Å²) >= 11 is 2.07. The van der Waals surface area contributed by atoms with Gasteiger partial charge in [-0.15, -0.1) is 0 Å². The fraction of sp³-hybridized carbons (Fsp3) is 0.0909. The molecule has 1 aromatic carbocycles. The molecule has 18 heavy (non-hydrogen) atoms. The molecule has 1 amide bonds. The van der Waals surface area contributed by atoms with Crippen molar-refractivity contribution in [3.8, 4) is 0 Å². The summed E-state index contributed by atoms with van der Waals surface area (Å²) in [5.41, 5.74) is 0.209. The summed E-state index contributed by atoms with van der Waals surface area (Å²) in [4.78, 5) is 11.6. The van der Waals surface area contributed by atoms with Crippen LogP contribution in [0.1, 0.15) is 0 Å². The largest absolute Gasteiger partial charge is 0.324 e. The van der Waals surface area contributed by atoms with Crippen LogP contribution in [0.4, 0.5) is 14.5 Å². The summed E-state index contributed by atoms with van der Waals surface area (Å²) in [5.74, 6) is -2.31. The van der Waals surface area contributed by atoms with Crippen LogP contribution in [-0.2, 0) is 11.3 Å². The van der Waals surface area contributed by atoms with E-state index < -0.39 is 11.6 Å². The van der Waals surface area contributed by atoms with E-state index in [9.17, 15) is 13.6 Å². The Morgan fingerprint density at radius 2 is 2.17 bits per heavy atom. The van der Waals surface area contributed by atoms with E-state index in [0.29, 0.717) is 0 Å². The fourth-order valence-corrected chi connectivity index (χ4v) is 1.79. The van der Waals surface area contributed by atoms with Gasteiger partial charge in [0.15, 0.2) is 11.6 Å². The van der Waals surface area contributed by atoms with Crippen LogP contribution >= 0.6 is 22.6 Å². The standard InChI is InChI=1S/C11H8F2IN3O/c12-9-2-1-8(3-10(9)13)16-11(18)6-17-5-7(14)4-15-17/h1-5H,6H2,(H,16,18). The Bertz CT molecular complexity index is 585. The lowest BCUT2D eigenvalue weighted by molar-refractivity contribution is -0.116. The number of carbonyl (C=O) groups is 1. The van der Waals surface area contributed by atoms with Gasteiger partial charge in [0.2, 0.25) is 5.91 Å². The molecular formula is C11H8F2IN3O.